The molecule has 0 saturated carbocycles. The van der Waals surface area contributed by atoms with Crippen LogP contribution in [0.15, 0.2) is 53.4 Å². The average molecular weight is 258 g/mol. The third-order valence-corrected chi connectivity index (χ3v) is 3.54. The molecule has 0 heterocycles. The van der Waals surface area contributed by atoms with E-state index in [1.54, 1.807) is 0 Å². The van der Waals surface area contributed by atoms with E-state index in [9.17, 15) is 0 Å². The molecule has 1 nitrogen and oxygen atoms in total. The maximum atomic E-state index is 5.77. The van der Waals surface area contributed by atoms with Crippen LogP contribution in [0.25, 0.3) is 0 Å². The summed E-state index contributed by atoms with van der Waals surface area (Å²) in [5, 5.41) is 0. The van der Waals surface area contributed by atoms with Crippen LogP contribution >= 0.6 is 11.8 Å². The Bertz CT molecular complexity index is 473. The molecule has 0 unspecified atom stereocenters. The van der Waals surface area contributed by atoms with Gasteiger partial charge in [0, 0.05) is 10.6 Å². The average Bonchev–Trinajstić information content (AvgIpc) is 2.35. The highest BCUT2D eigenvalue weighted by atomic mass is 32.2. The second kappa shape index (κ2) is 6.50. The van der Waals surface area contributed by atoms with Gasteiger partial charge in [-0.25, -0.2) is 0 Å². The van der Waals surface area contributed by atoms with Crippen molar-refractivity contribution in [3.05, 3.63) is 59.7 Å². The summed E-state index contributed by atoms with van der Waals surface area (Å²) in [6, 6.07) is 16.7. The summed E-state index contributed by atoms with van der Waals surface area (Å²) in [6.45, 7) is 4.93. The van der Waals surface area contributed by atoms with Gasteiger partial charge in [0.2, 0.25) is 0 Å². The van der Waals surface area contributed by atoms with Gasteiger partial charge in [-0.3, -0.25) is 0 Å². The Morgan fingerprint density at radius 1 is 0.944 bits per heavy atom. The monoisotopic (exact) mass is 258 g/mol. The smallest absolute Gasteiger partial charge is 0.119 e. The zero-order valence-corrected chi connectivity index (χ0v) is 11.7. The van der Waals surface area contributed by atoms with Crippen molar-refractivity contribution >= 4 is 11.8 Å². The van der Waals surface area contributed by atoms with Crippen molar-refractivity contribution < 1.29 is 4.74 Å². The van der Waals surface area contributed by atoms with Crippen LogP contribution in [0.3, 0.4) is 0 Å². The van der Waals surface area contributed by atoms with E-state index >= 15 is 0 Å². The summed E-state index contributed by atoms with van der Waals surface area (Å²) in [6.07, 6.45) is 0. The molecule has 0 saturated heterocycles. The molecule has 0 bridgehead atoms. The van der Waals surface area contributed by atoms with Gasteiger partial charge in [-0.1, -0.05) is 24.3 Å². The first-order valence-corrected chi connectivity index (χ1v) is 7.11. The van der Waals surface area contributed by atoms with Crippen molar-refractivity contribution in [2.24, 2.45) is 0 Å². The number of rotatable bonds is 5. The van der Waals surface area contributed by atoms with E-state index in [-0.39, 0.29) is 0 Å². The lowest BCUT2D eigenvalue weighted by molar-refractivity contribution is 0.343. The predicted molar refractivity (Wildman–Crippen MR) is 78.6 cm³/mol. The van der Waals surface area contributed by atoms with Gasteiger partial charge >= 0.3 is 0 Å². The van der Waals surface area contributed by atoms with Gasteiger partial charge in [0.1, 0.15) is 5.75 Å². The lowest BCUT2D eigenvalue weighted by atomic mass is 10.1. The predicted octanol–water partition coefficient (Wildman–Crippen LogP) is 4.47. The highest BCUT2D eigenvalue weighted by Crippen LogP contribution is 2.19. The Balaban J connectivity index is 1.78. The molecule has 0 aromatic heterocycles. The van der Waals surface area contributed by atoms with Crippen LogP contribution in [0, 0.1) is 13.8 Å². The van der Waals surface area contributed by atoms with E-state index in [1.165, 1.54) is 16.0 Å². The zero-order chi connectivity index (χ0) is 12.8. The SMILES string of the molecule is Cc1cc(C)cc(OCCSc2ccccc2)c1. The number of benzene rings is 2. The zero-order valence-electron chi connectivity index (χ0n) is 10.8. The highest BCUT2D eigenvalue weighted by molar-refractivity contribution is 7.99. The van der Waals surface area contributed by atoms with E-state index in [4.69, 9.17) is 4.74 Å². The standard InChI is InChI=1S/C16H18OS/c1-13-10-14(2)12-15(11-13)17-8-9-18-16-6-4-3-5-7-16/h3-7,10-12H,8-9H2,1-2H3. The molecule has 2 rings (SSSR count). The van der Waals surface area contributed by atoms with Gasteiger partial charge in [-0.2, -0.15) is 0 Å². The Morgan fingerprint density at radius 2 is 1.61 bits per heavy atom. The van der Waals surface area contributed by atoms with Crippen molar-refractivity contribution in [3.8, 4) is 5.75 Å². The van der Waals surface area contributed by atoms with Crippen LogP contribution in [0.2, 0.25) is 0 Å². The van der Waals surface area contributed by atoms with Crippen LogP contribution in [-0.4, -0.2) is 12.4 Å². The van der Waals surface area contributed by atoms with E-state index in [0.29, 0.717) is 0 Å². The molecule has 0 atom stereocenters. The molecule has 2 aromatic rings. The Labute approximate surface area is 113 Å². The molecule has 0 amide bonds. The number of hydrogen-bond donors (Lipinski definition) is 0. The normalized spacial score (nSPS) is 10.3. The summed E-state index contributed by atoms with van der Waals surface area (Å²) < 4.78 is 5.77. The summed E-state index contributed by atoms with van der Waals surface area (Å²) >= 11 is 1.82. The first-order valence-electron chi connectivity index (χ1n) is 6.13. The molecule has 2 aromatic carbocycles. The van der Waals surface area contributed by atoms with Crippen LogP contribution in [0.4, 0.5) is 0 Å². The molecule has 18 heavy (non-hydrogen) atoms. The lowest BCUT2D eigenvalue weighted by Gasteiger charge is -2.08. The lowest BCUT2D eigenvalue weighted by Crippen LogP contribution is -2.00. The Kier molecular flexibility index (Phi) is 4.71. The number of hydrogen-bond acceptors (Lipinski definition) is 2. The second-order valence-electron chi connectivity index (χ2n) is 4.33. The van der Waals surface area contributed by atoms with Crippen LogP contribution in [0.5, 0.6) is 5.75 Å². The Hall–Kier alpha value is -1.41. The largest absolute Gasteiger partial charge is 0.493 e. The third-order valence-electron chi connectivity index (χ3n) is 2.56. The number of ether oxygens (including phenoxy) is 1. The van der Waals surface area contributed by atoms with Gasteiger partial charge in [0.15, 0.2) is 0 Å². The first-order chi connectivity index (χ1) is 8.74. The second-order valence-corrected chi connectivity index (χ2v) is 5.50. The quantitative estimate of drug-likeness (QED) is 0.578. The van der Waals surface area contributed by atoms with Gasteiger partial charge in [-0.15, -0.1) is 11.8 Å². The van der Waals surface area contributed by atoms with Crippen LogP contribution < -0.4 is 4.74 Å². The van der Waals surface area contributed by atoms with E-state index < -0.39 is 0 Å². The fourth-order valence-electron chi connectivity index (χ4n) is 1.85. The minimum atomic E-state index is 0.739. The highest BCUT2D eigenvalue weighted by Gasteiger charge is 1.97. The van der Waals surface area contributed by atoms with Crippen molar-refractivity contribution in [2.45, 2.75) is 18.7 Å². The third kappa shape index (κ3) is 4.11. The van der Waals surface area contributed by atoms with Crippen LogP contribution in [-0.2, 0) is 0 Å². The van der Waals surface area contributed by atoms with Crippen molar-refractivity contribution in [1.29, 1.82) is 0 Å². The van der Waals surface area contributed by atoms with E-state index in [0.717, 1.165) is 18.1 Å². The molecule has 94 valence electrons. The summed E-state index contributed by atoms with van der Waals surface area (Å²) in [7, 11) is 0. The summed E-state index contributed by atoms with van der Waals surface area (Å²) in [5.74, 6) is 1.94. The number of aryl methyl sites for hydroxylation is 2. The molecule has 0 N–H and O–H groups in total. The van der Waals surface area contributed by atoms with E-state index in [1.807, 2.05) is 17.8 Å². The van der Waals surface area contributed by atoms with Crippen molar-refractivity contribution in [1.82, 2.24) is 0 Å². The molecule has 0 aliphatic rings. The maximum absolute atomic E-state index is 5.77. The summed E-state index contributed by atoms with van der Waals surface area (Å²) in [5.41, 5.74) is 2.50. The minimum Gasteiger partial charge on any atom is -0.493 e. The van der Waals surface area contributed by atoms with Crippen molar-refractivity contribution in [3.63, 3.8) is 0 Å². The molecular formula is C16H18OS. The van der Waals surface area contributed by atoms with E-state index in [2.05, 4.69) is 56.3 Å². The molecule has 0 radical (unpaired) electrons. The summed E-state index contributed by atoms with van der Waals surface area (Å²) in [4.78, 5) is 1.29. The first kappa shape index (κ1) is 13.0. The number of thioether (sulfide) groups is 1. The Morgan fingerprint density at radius 3 is 2.28 bits per heavy atom. The van der Waals surface area contributed by atoms with Gasteiger partial charge < -0.3 is 4.74 Å². The van der Waals surface area contributed by atoms with Crippen molar-refractivity contribution in [2.75, 3.05) is 12.4 Å². The fraction of sp³-hybridized carbons (Fsp3) is 0.250. The minimum absolute atomic E-state index is 0.739. The van der Waals surface area contributed by atoms with Gasteiger partial charge in [0.05, 0.1) is 6.61 Å². The van der Waals surface area contributed by atoms with Crippen LogP contribution in [0.1, 0.15) is 11.1 Å². The molecule has 0 aliphatic carbocycles. The fourth-order valence-corrected chi connectivity index (χ4v) is 2.60. The molecule has 0 spiro atoms. The van der Waals surface area contributed by atoms with Gasteiger partial charge in [-0.05, 0) is 49.2 Å². The maximum Gasteiger partial charge on any atom is 0.119 e. The topological polar surface area (TPSA) is 9.23 Å². The molecule has 0 fully saturated rings. The molecule has 0 aliphatic heterocycles. The van der Waals surface area contributed by atoms with Gasteiger partial charge in [0.25, 0.3) is 0 Å². The molecular weight excluding hydrogens is 240 g/mol. The molecule has 2 heteroatoms.